The molecule has 1 aromatic heterocycles. The first-order valence-electron chi connectivity index (χ1n) is 5.27. The van der Waals surface area contributed by atoms with Gasteiger partial charge < -0.3 is 14.3 Å². The zero-order chi connectivity index (χ0) is 10.7. The molecule has 1 aliphatic rings. The number of rotatable bonds is 3. The molecule has 2 atom stereocenters. The van der Waals surface area contributed by atoms with E-state index in [2.05, 4.69) is 11.8 Å². The molecule has 1 aliphatic heterocycles. The van der Waals surface area contributed by atoms with Crippen LogP contribution >= 0.6 is 0 Å². The summed E-state index contributed by atoms with van der Waals surface area (Å²) < 4.78 is 10.5. The Bertz CT molecular complexity index is 286. The molecular weight excluding hydrogens is 194 g/mol. The molecule has 1 aromatic rings. The van der Waals surface area contributed by atoms with E-state index < -0.39 is 0 Å². The van der Waals surface area contributed by atoms with E-state index in [9.17, 15) is 0 Å². The van der Waals surface area contributed by atoms with Crippen molar-refractivity contribution in [2.45, 2.75) is 25.6 Å². The monoisotopic (exact) mass is 211 g/mol. The Morgan fingerprint density at radius 2 is 2.47 bits per heavy atom. The third-order valence-electron chi connectivity index (χ3n) is 2.80. The van der Waals surface area contributed by atoms with E-state index in [4.69, 9.17) is 14.3 Å². The summed E-state index contributed by atoms with van der Waals surface area (Å²) in [5, 5.41) is 9.05. The fourth-order valence-electron chi connectivity index (χ4n) is 1.82. The van der Waals surface area contributed by atoms with Crippen LogP contribution in [0, 0.1) is 0 Å². The Labute approximate surface area is 89.4 Å². The largest absolute Gasteiger partial charge is 0.472 e. The topological polar surface area (TPSA) is 45.8 Å². The van der Waals surface area contributed by atoms with Gasteiger partial charge in [0.2, 0.25) is 0 Å². The first-order chi connectivity index (χ1) is 7.29. The number of aliphatic hydroxyl groups is 1. The van der Waals surface area contributed by atoms with Crippen LogP contribution in [0.25, 0.3) is 0 Å². The van der Waals surface area contributed by atoms with Crippen molar-refractivity contribution in [2.24, 2.45) is 0 Å². The average molecular weight is 211 g/mol. The van der Waals surface area contributed by atoms with Crippen molar-refractivity contribution in [1.29, 1.82) is 0 Å². The average Bonchev–Trinajstić information content (AvgIpc) is 2.74. The van der Waals surface area contributed by atoms with E-state index in [-0.39, 0.29) is 12.7 Å². The minimum atomic E-state index is -0.0481. The van der Waals surface area contributed by atoms with Gasteiger partial charge in [0.05, 0.1) is 31.8 Å². The third-order valence-corrected chi connectivity index (χ3v) is 2.80. The Kier molecular flexibility index (Phi) is 3.41. The summed E-state index contributed by atoms with van der Waals surface area (Å²) in [6.45, 7) is 4.55. The van der Waals surface area contributed by atoms with Crippen LogP contribution in [0.15, 0.2) is 23.0 Å². The maximum Gasteiger partial charge on any atom is 0.0947 e. The van der Waals surface area contributed by atoms with Gasteiger partial charge in [-0.1, -0.05) is 0 Å². The molecular formula is C11H17NO3. The normalized spacial score (nSPS) is 28.1. The predicted octanol–water partition coefficient (Wildman–Crippen LogP) is 0.861. The van der Waals surface area contributed by atoms with Crippen LogP contribution in [0.2, 0.25) is 0 Å². The zero-order valence-corrected chi connectivity index (χ0v) is 8.93. The molecule has 0 saturated carbocycles. The summed E-state index contributed by atoms with van der Waals surface area (Å²) in [7, 11) is 0. The standard InChI is InChI=1S/C11H17NO3/c1-9-7-15-11(6-13)5-12(9)4-10-2-3-14-8-10/h2-3,8-9,11,13H,4-7H2,1H3. The van der Waals surface area contributed by atoms with Gasteiger partial charge in [0.1, 0.15) is 0 Å². The lowest BCUT2D eigenvalue weighted by Crippen LogP contribution is -2.48. The molecule has 0 aliphatic carbocycles. The highest BCUT2D eigenvalue weighted by Gasteiger charge is 2.25. The maximum atomic E-state index is 9.05. The number of nitrogens with zero attached hydrogens (tertiary/aromatic N) is 1. The lowest BCUT2D eigenvalue weighted by molar-refractivity contribution is -0.0805. The quantitative estimate of drug-likeness (QED) is 0.805. The van der Waals surface area contributed by atoms with Crippen LogP contribution in [0.1, 0.15) is 12.5 Å². The first kappa shape index (κ1) is 10.7. The van der Waals surface area contributed by atoms with Crippen LogP contribution < -0.4 is 0 Å². The molecule has 2 unspecified atom stereocenters. The smallest absolute Gasteiger partial charge is 0.0947 e. The second-order valence-electron chi connectivity index (χ2n) is 4.05. The summed E-state index contributed by atoms with van der Waals surface area (Å²) in [4.78, 5) is 2.30. The minimum Gasteiger partial charge on any atom is -0.472 e. The number of hydrogen-bond donors (Lipinski definition) is 1. The van der Waals surface area contributed by atoms with Crippen molar-refractivity contribution in [1.82, 2.24) is 4.90 Å². The van der Waals surface area contributed by atoms with Crippen LogP contribution in [0.4, 0.5) is 0 Å². The molecule has 1 saturated heterocycles. The lowest BCUT2D eigenvalue weighted by atomic mass is 10.2. The molecule has 0 spiro atoms. The fraction of sp³-hybridized carbons (Fsp3) is 0.636. The summed E-state index contributed by atoms with van der Waals surface area (Å²) in [5.41, 5.74) is 1.17. The highest BCUT2D eigenvalue weighted by Crippen LogP contribution is 2.15. The number of morpholine rings is 1. The molecule has 1 fully saturated rings. The Morgan fingerprint density at radius 1 is 1.60 bits per heavy atom. The molecule has 0 amide bonds. The minimum absolute atomic E-state index is 0.0481. The van der Waals surface area contributed by atoms with Gasteiger partial charge in [-0.15, -0.1) is 0 Å². The summed E-state index contributed by atoms with van der Waals surface area (Å²) >= 11 is 0. The second kappa shape index (κ2) is 4.79. The van der Waals surface area contributed by atoms with Gasteiger partial charge in [-0.2, -0.15) is 0 Å². The van der Waals surface area contributed by atoms with Gasteiger partial charge in [-0.3, -0.25) is 4.90 Å². The lowest BCUT2D eigenvalue weighted by Gasteiger charge is -2.37. The summed E-state index contributed by atoms with van der Waals surface area (Å²) in [6, 6.07) is 2.36. The van der Waals surface area contributed by atoms with E-state index in [1.807, 2.05) is 6.07 Å². The highest BCUT2D eigenvalue weighted by atomic mass is 16.5. The van der Waals surface area contributed by atoms with E-state index in [1.54, 1.807) is 12.5 Å². The maximum absolute atomic E-state index is 9.05. The van der Waals surface area contributed by atoms with Gasteiger partial charge in [-0.05, 0) is 13.0 Å². The van der Waals surface area contributed by atoms with E-state index in [0.29, 0.717) is 12.6 Å². The third kappa shape index (κ3) is 2.59. The van der Waals surface area contributed by atoms with Gasteiger partial charge in [0.15, 0.2) is 0 Å². The SMILES string of the molecule is CC1COC(CO)CN1Cc1ccoc1. The van der Waals surface area contributed by atoms with Crippen molar-refractivity contribution in [3.8, 4) is 0 Å². The van der Waals surface area contributed by atoms with E-state index >= 15 is 0 Å². The summed E-state index contributed by atoms with van der Waals surface area (Å²) in [5.74, 6) is 0. The Hall–Kier alpha value is -0.840. The van der Waals surface area contributed by atoms with Crippen molar-refractivity contribution >= 4 is 0 Å². The molecule has 1 N–H and O–H groups in total. The molecule has 0 aromatic carbocycles. The van der Waals surface area contributed by atoms with Crippen molar-refractivity contribution in [3.05, 3.63) is 24.2 Å². The summed E-state index contributed by atoms with van der Waals surface area (Å²) in [6.07, 6.45) is 3.40. The van der Waals surface area contributed by atoms with Crippen molar-refractivity contribution in [3.63, 3.8) is 0 Å². The van der Waals surface area contributed by atoms with Crippen LogP contribution in [0.5, 0.6) is 0 Å². The molecule has 0 radical (unpaired) electrons. The predicted molar refractivity (Wildman–Crippen MR) is 55.4 cm³/mol. The van der Waals surface area contributed by atoms with Gasteiger partial charge in [0, 0.05) is 24.7 Å². The van der Waals surface area contributed by atoms with Crippen LogP contribution in [-0.2, 0) is 11.3 Å². The number of furan rings is 1. The number of ether oxygens (including phenoxy) is 1. The van der Waals surface area contributed by atoms with Gasteiger partial charge >= 0.3 is 0 Å². The van der Waals surface area contributed by atoms with E-state index in [0.717, 1.165) is 13.1 Å². The Balaban J connectivity index is 1.94. The first-order valence-corrected chi connectivity index (χ1v) is 5.27. The molecule has 0 bridgehead atoms. The molecule has 2 rings (SSSR count). The zero-order valence-electron chi connectivity index (χ0n) is 8.93. The molecule has 2 heterocycles. The van der Waals surface area contributed by atoms with E-state index in [1.165, 1.54) is 5.56 Å². The number of aliphatic hydroxyl groups excluding tert-OH is 1. The molecule has 84 valence electrons. The molecule has 4 heteroatoms. The molecule has 4 nitrogen and oxygen atoms in total. The highest BCUT2D eigenvalue weighted by molar-refractivity contribution is 5.05. The van der Waals surface area contributed by atoms with Crippen molar-refractivity contribution in [2.75, 3.05) is 19.8 Å². The second-order valence-corrected chi connectivity index (χ2v) is 4.05. The van der Waals surface area contributed by atoms with Crippen LogP contribution in [0.3, 0.4) is 0 Å². The number of hydrogen-bond acceptors (Lipinski definition) is 4. The van der Waals surface area contributed by atoms with Crippen molar-refractivity contribution < 1.29 is 14.3 Å². The van der Waals surface area contributed by atoms with Gasteiger partial charge in [0.25, 0.3) is 0 Å². The van der Waals surface area contributed by atoms with Crippen LogP contribution in [-0.4, -0.2) is 41.9 Å². The Morgan fingerprint density at radius 3 is 3.13 bits per heavy atom. The van der Waals surface area contributed by atoms with Gasteiger partial charge in [-0.25, -0.2) is 0 Å². The molecule has 15 heavy (non-hydrogen) atoms. The fourth-order valence-corrected chi connectivity index (χ4v) is 1.82.